The van der Waals surface area contributed by atoms with Crippen LogP contribution in [0.4, 0.5) is 0 Å². The topological polar surface area (TPSA) is 86.2 Å². The Balaban J connectivity index is 2.12. The predicted molar refractivity (Wildman–Crippen MR) is 73.5 cm³/mol. The van der Waals surface area contributed by atoms with Crippen molar-refractivity contribution in [3.8, 4) is 5.88 Å². The lowest BCUT2D eigenvalue weighted by Gasteiger charge is -2.26. The molecule has 110 valence electrons. The summed E-state index contributed by atoms with van der Waals surface area (Å²) in [4.78, 5) is 12.3. The van der Waals surface area contributed by atoms with Crippen molar-refractivity contribution in [1.29, 1.82) is 0 Å². The van der Waals surface area contributed by atoms with Crippen molar-refractivity contribution in [1.82, 2.24) is 10.2 Å². The average Bonchev–Trinajstić information content (AvgIpc) is 2.46. The van der Waals surface area contributed by atoms with Crippen LogP contribution in [0.3, 0.4) is 0 Å². The first-order chi connectivity index (χ1) is 9.41. The molecule has 2 unspecified atom stereocenters. The van der Waals surface area contributed by atoms with Crippen LogP contribution in [0.25, 0.3) is 0 Å². The number of ether oxygens (including phenoxy) is 1. The summed E-state index contributed by atoms with van der Waals surface area (Å²) in [6.45, 7) is 0. The second-order valence-corrected chi connectivity index (χ2v) is 7.47. The monoisotopic (exact) mass is 298 g/mol. The summed E-state index contributed by atoms with van der Waals surface area (Å²) < 4.78 is 28.1. The molecule has 1 aliphatic carbocycles. The number of aromatic nitrogens is 2. The van der Waals surface area contributed by atoms with Crippen molar-refractivity contribution in [3.63, 3.8) is 0 Å². The van der Waals surface area contributed by atoms with Crippen LogP contribution < -0.4 is 4.74 Å². The van der Waals surface area contributed by atoms with Crippen LogP contribution in [0, 0.1) is 5.92 Å². The number of sulfone groups is 1. The van der Waals surface area contributed by atoms with Gasteiger partial charge in [-0.15, -0.1) is 10.2 Å². The Labute approximate surface area is 118 Å². The van der Waals surface area contributed by atoms with E-state index in [1.165, 1.54) is 13.4 Å². The second-order valence-electron chi connectivity index (χ2n) is 5.14. The first-order valence-electron chi connectivity index (χ1n) is 6.52. The van der Waals surface area contributed by atoms with Crippen molar-refractivity contribution in [3.05, 3.63) is 17.8 Å². The minimum atomic E-state index is -3.09. The fourth-order valence-electron chi connectivity index (χ4n) is 2.54. The van der Waals surface area contributed by atoms with Crippen molar-refractivity contribution in [2.24, 2.45) is 5.92 Å². The molecule has 1 heterocycles. The largest absolute Gasteiger partial charge is 0.480 e. The Hall–Kier alpha value is -1.50. The lowest BCUT2D eigenvalue weighted by Crippen LogP contribution is -2.31. The van der Waals surface area contributed by atoms with E-state index in [4.69, 9.17) is 4.74 Å². The molecule has 1 saturated carbocycles. The van der Waals surface area contributed by atoms with Gasteiger partial charge in [0.25, 0.3) is 0 Å². The zero-order chi connectivity index (χ0) is 14.8. The van der Waals surface area contributed by atoms with Crippen LogP contribution in [-0.4, -0.2) is 43.0 Å². The maximum Gasteiger partial charge on any atom is 0.233 e. The van der Waals surface area contributed by atoms with Gasteiger partial charge in [-0.3, -0.25) is 4.79 Å². The summed E-state index contributed by atoms with van der Waals surface area (Å²) in [5.41, 5.74) is 0.268. The van der Waals surface area contributed by atoms with Gasteiger partial charge in [-0.1, -0.05) is 6.42 Å². The number of hydrogen-bond acceptors (Lipinski definition) is 6. The fourth-order valence-corrected chi connectivity index (χ4v) is 3.72. The molecule has 7 heteroatoms. The number of ketones is 1. The summed E-state index contributed by atoms with van der Waals surface area (Å²) >= 11 is 0. The summed E-state index contributed by atoms with van der Waals surface area (Å²) in [6.07, 6.45) is 3.70. The molecule has 6 nitrogen and oxygen atoms in total. The lowest BCUT2D eigenvalue weighted by molar-refractivity contribution is 0.0884. The van der Waals surface area contributed by atoms with Gasteiger partial charge in [0.15, 0.2) is 5.78 Å². The molecule has 0 spiro atoms. The van der Waals surface area contributed by atoms with E-state index in [-0.39, 0.29) is 17.4 Å². The molecule has 20 heavy (non-hydrogen) atoms. The molecule has 0 amide bonds. The van der Waals surface area contributed by atoms with E-state index in [1.54, 1.807) is 12.1 Å². The molecular formula is C13H18N2O4S. The van der Waals surface area contributed by atoms with Gasteiger partial charge < -0.3 is 4.74 Å². The fraction of sp³-hybridized carbons (Fsp3) is 0.615. The maximum absolute atomic E-state index is 12.3. The highest BCUT2D eigenvalue weighted by Crippen LogP contribution is 2.30. The number of Topliss-reactive ketones (excluding diaryl/α,β-unsaturated/α-hetero) is 1. The van der Waals surface area contributed by atoms with Crippen LogP contribution >= 0.6 is 0 Å². The van der Waals surface area contributed by atoms with Gasteiger partial charge in [0.05, 0.1) is 12.4 Å². The molecule has 0 saturated heterocycles. The molecule has 1 aliphatic rings. The standard InChI is InChI=1S/C13H18N2O4S/c1-19-12-7-6-11(14-15-12)13(16)9-4-3-5-10(8-9)20(2,17)18/h6-7,9-10H,3-5,8H2,1-2H3. The van der Waals surface area contributed by atoms with Gasteiger partial charge in [-0.05, 0) is 25.3 Å². The Morgan fingerprint density at radius 1 is 1.30 bits per heavy atom. The summed E-state index contributed by atoms with van der Waals surface area (Å²) in [5, 5.41) is 7.19. The molecule has 1 fully saturated rings. The van der Waals surface area contributed by atoms with Gasteiger partial charge in [-0.25, -0.2) is 8.42 Å². The average molecular weight is 298 g/mol. The number of rotatable bonds is 4. The highest BCUT2D eigenvalue weighted by molar-refractivity contribution is 7.91. The molecule has 0 bridgehead atoms. The predicted octanol–water partition coefficient (Wildman–Crippen LogP) is 1.27. The second kappa shape index (κ2) is 5.87. The van der Waals surface area contributed by atoms with Crippen LogP contribution in [0.5, 0.6) is 5.88 Å². The summed E-state index contributed by atoms with van der Waals surface area (Å²) in [7, 11) is -1.62. The Bertz CT molecular complexity index is 583. The van der Waals surface area contributed by atoms with E-state index in [2.05, 4.69) is 10.2 Å². The highest BCUT2D eigenvalue weighted by Gasteiger charge is 2.33. The SMILES string of the molecule is COc1ccc(C(=O)C2CCCC(S(C)(=O)=O)C2)nn1. The van der Waals surface area contributed by atoms with Crippen LogP contribution in [0.15, 0.2) is 12.1 Å². The smallest absolute Gasteiger partial charge is 0.233 e. The molecule has 0 aromatic carbocycles. The van der Waals surface area contributed by atoms with E-state index >= 15 is 0 Å². The molecule has 1 aromatic rings. The van der Waals surface area contributed by atoms with E-state index in [9.17, 15) is 13.2 Å². The molecule has 0 aliphatic heterocycles. The quantitative estimate of drug-likeness (QED) is 0.778. The lowest BCUT2D eigenvalue weighted by atomic mass is 9.85. The van der Waals surface area contributed by atoms with Crippen molar-refractivity contribution < 1.29 is 17.9 Å². The number of nitrogens with zero attached hydrogens (tertiary/aromatic N) is 2. The molecule has 2 atom stereocenters. The molecule has 1 aromatic heterocycles. The Morgan fingerprint density at radius 3 is 2.60 bits per heavy atom. The minimum absolute atomic E-state index is 0.131. The van der Waals surface area contributed by atoms with Gasteiger partial charge in [0.1, 0.15) is 15.5 Å². The van der Waals surface area contributed by atoms with Crippen molar-refractivity contribution in [2.45, 2.75) is 30.9 Å². The van der Waals surface area contributed by atoms with Crippen molar-refractivity contribution in [2.75, 3.05) is 13.4 Å². The van der Waals surface area contributed by atoms with Crippen LogP contribution in [-0.2, 0) is 9.84 Å². The first kappa shape index (κ1) is 14.9. The Kier molecular flexibility index (Phi) is 4.37. The molecule has 0 N–H and O–H groups in total. The molecule has 0 radical (unpaired) electrons. The number of methoxy groups -OCH3 is 1. The van der Waals surface area contributed by atoms with Gasteiger partial charge in [0, 0.05) is 18.2 Å². The third-order valence-corrected chi connectivity index (χ3v) is 5.34. The summed E-state index contributed by atoms with van der Waals surface area (Å²) in [6, 6.07) is 3.15. The van der Waals surface area contributed by atoms with Crippen LogP contribution in [0.1, 0.15) is 36.2 Å². The van der Waals surface area contributed by atoms with Crippen LogP contribution in [0.2, 0.25) is 0 Å². The normalized spacial score (nSPS) is 23.3. The Morgan fingerprint density at radius 2 is 2.05 bits per heavy atom. The zero-order valence-electron chi connectivity index (χ0n) is 11.6. The van der Waals surface area contributed by atoms with E-state index < -0.39 is 15.1 Å². The number of carbonyl (C=O) groups excluding carboxylic acids is 1. The van der Waals surface area contributed by atoms with Gasteiger partial charge in [-0.2, -0.15) is 0 Å². The van der Waals surface area contributed by atoms with Gasteiger partial charge in [0.2, 0.25) is 5.88 Å². The maximum atomic E-state index is 12.3. The third-order valence-electron chi connectivity index (χ3n) is 3.70. The van der Waals surface area contributed by atoms with Crippen molar-refractivity contribution >= 4 is 15.6 Å². The van der Waals surface area contributed by atoms with E-state index in [0.29, 0.717) is 25.1 Å². The van der Waals surface area contributed by atoms with E-state index in [0.717, 1.165) is 6.42 Å². The first-order valence-corrected chi connectivity index (χ1v) is 8.48. The molecular weight excluding hydrogens is 280 g/mol. The van der Waals surface area contributed by atoms with E-state index in [1.807, 2.05) is 0 Å². The minimum Gasteiger partial charge on any atom is -0.480 e. The third kappa shape index (κ3) is 3.33. The summed E-state index contributed by atoms with van der Waals surface area (Å²) in [5.74, 6) is -0.0705. The zero-order valence-corrected chi connectivity index (χ0v) is 12.4. The molecule has 2 rings (SSSR count). The number of carbonyl (C=O) groups is 1. The van der Waals surface area contributed by atoms with Gasteiger partial charge >= 0.3 is 0 Å². The highest BCUT2D eigenvalue weighted by atomic mass is 32.2. The number of hydrogen-bond donors (Lipinski definition) is 0.